The normalized spacial score (nSPS) is 8.88. The second kappa shape index (κ2) is 7.93. The van der Waals surface area contributed by atoms with Crippen LogP contribution in [0.4, 0.5) is 0 Å². The molecule has 0 saturated heterocycles. The molecule has 0 radical (unpaired) electrons. The molecule has 0 aliphatic rings. The van der Waals surface area contributed by atoms with Crippen LogP contribution in [0.25, 0.3) is 0 Å². The van der Waals surface area contributed by atoms with Gasteiger partial charge in [0, 0.05) is 0 Å². The van der Waals surface area contributed by atoms with E-state index < -0.39 is 14.4 Å². The van der Waals surface area contributed by atoms with E-state index in [1.807, 2.05) is 0 Å². The molecule has 0 spiro atoms. The fourth-order valence-corrected chi connectivity index (χ4v) is 1.01. The number of hydrogen-bond donors (Lipinski definition) is 5. The predicted molar refractivity (Wildman–Crippen MR) is 61.8 cm³/mol. The molecule has 0 atom stereocenters. The summed E-state index contributed by atoms with van der Waals surface area (Å²) in [6, 6.07) is 4.70. The summed E-state index contributed by atoms with van der Waals surface area (Å²) in [7, 11) is -0.641. The van der Waals surface area contributed by atoms with Crippen LogP contribution in [0.15, 0.2) is 18.2 Å². The molecule has 1 aromatic carbocycles. The first-order valence-electron chi connectivity index (χ1n) is 4.54. The van der Waals surface area contributed by atoms with Gasteiger partial charge in [-0.05, 0) is 17.6 Å². The molecule has 0 bridgehead atoms. The summed E-state index contributed by atoms with van der Waals surface area (Å²) in [5.41, 5.74) is 0.373. The molecule has 0 saturated carbocycles. The van der Waals surface area contributed by atoms with Crippen LogP contribution in [0, 0.1) is 0 Å². The standard InChI is InChI=1S/C8H11BO4.BH3O3/c1-12-7-4-3-6(9(10)11)5-8(7)13-2;2-1(3)4/h3-5,10-11H,1-2H3;2-4H. The topological polar surface area (TPSA) is 120 Å². The van der Waals surface area contributed by atoms with Gasteiger partial charge in [-0.2, -0.15) is 0 Å². The van der Waals surface area contributed by atoms with E-state index >= 15 is 0 Å². The zero-order valence-corrected chi connectivity index (χ0v) is 9.44. The second-order valence-electron chi connectivity index (χ2n) is 2.83. The van der Waals surface area contributed by atoms with E-state index in [-0.39, 0.29) is 0 Å². The molecule has 0 fully saturated rings. The summed E-state index contributed by atoms with van der Waals surface area (Å²) in [6.45, 7) is 0. The lowest BCUT2D eigenvalue weighted by molar-refractivity contribution is 0.278. The van der Waals surface area contributed by atoms with Crippen LogP contribution < -0.4 is 14.9 Å². The maximum absolute atomic E-state index is 8.87. The Morgan fingerprint density at radius 3 is 1.71 bits per heavy atom. The summed E-state index contributed by atoms with van der Waals surface area (Å²) in [6.07, 6.45) is 0. The van der Waals surface area contributed by atoms with E-state index in [0.717, 1.165) is 0 Å². The Hall–Kier alpha value is -1.25. The first-order valence-corrected chi connectivity index (χ1v) is 4.54. The van der Waals surface area contributed by atoms with Crippen molar-refractivity contribution < 1.29 is 34.6 Å². The largest absolute Gasteiger partial charge is 0.631 e. The molecule has 0 aromatic heterocycles. The molecular weight excluding hydrogens is 230 g/mol. The summed E-state index contributed by atoms with van der Waals surface area (Å²) in [5.74, 6) is 1.04. The van der Waals surface area contributed by atoms with E-state index in [0.29, 0.717) is 17.0 Å². The molecule has 0 heterocycles. The molecule has 9 heteroatoms. The zero-order chi connectivity index (χ0) is 13.4. The summed E-state index contributed by atoms with van der Waals surface area (Å²) in [4.78, 5) is 0. The van der Waals surface area contributed by atoms with Gasteiger partial charge in [0.05, 0.1) is 14.2 Å². The molecular formula is C8H14B2O7. The van der Waals surface area contributed by atoms with Crippen molar-refractivity contribution in [2.24, 2.45) is 0 Å². The van der Waals surface area contributed by atoms with E-state index in [2.05, 4.69) is 0 Å². The number of methoxy groups -OCH3 is 2. The third kappa shape index (κ3) is 6.15. The van der Waals surface area contributed by atoms with Crippen molar-refractivity contribution in [1.29, 1.82) is 0 Å². The van der Waals surface area contributed by atoms with Crippen molar-refractivity contribution in [1.82, 2.24) is 0 Å². The number of benzene rings is 1. The summed E-state index contributed by atoms with van der Waals surface area (Å²) in [5, 5.41) is 39.2. The summed E-state index contributed by atoms with van der Waals surface area (Å²) >= 11 is 0. The van der Waals surface area contributed by atoms with Crippen LogP contribution in [0.3, 0.4) is 0 Å². The third-order valence-corrected chi connectivity index (χ3v) is 1.71. The van der Waals surface area contributed by atoms with Crippen LogP contribution in [0.5, 0.6) is 11.5 Å². The highest BCUT2D eigenvalue weighted by atomic mass is 16.5. The highest BCUT2D eigenvalue weighted by molar-refractivity contribution is 6.58. The second-order valence-corrected chi connectivity index (χ2v) is 2.83. The van der Waals surface area contributed by atoms with Crippen LogP contribution in [-0.4, -0.2) is 53.8 Å². The molecule has 1 aromatic rings. The Morgan fingerprint density at radius 1 is 0.882 bits per heavy atom. The third-order valence-electron chi connectivity index (χ3n) is 1.71. The highest BCUT2D eigenvalue weighted by Crippen LogP contribution is 2.24. The molecule has 94 valence electrons. The molecule has 0 amide bonds. The van der Waals surface area contributed by atoms with Crippen molar-refractivity contribution in [2.75, 3.05) is 14.2 Å². The quantitative estimate of drug-likeness (QED) is 0.368. The van der Waals surface area contributed by atoms with Crippen LogP contribution in [-0.2, 0) is 0 Å². The van der Waals surface area contributed by atoms with Crippen LogP contribution in [0.1, 0.15) is 0 Å². The minimum absolute atomic E-state index is 0.373. The Labute approximate surface area is 99.2 Å². The Kier molecular flexibility index (Phi) is 7.35. The lowest BCUT2D eigenvalue weighted by Crippen LogP contribution is -2.29. The first-order chi connectivity index (χ1) is 7.92. The van der Waals surface area contributed by atoms with E-state index in [4.69, 9.17) is 34.6 Å². The molecule has 0 aliphatic carbocycles. The molecule has 1 rings (SSSR count). The maximum Gasteiger partial charge on any atom is 0.631 e. The summed E-state index contributed by atoms with van der Waals surface area (Å²) < 4.78 is 9.96. The van der Waals surface area contributed by atoms with Crippen LogP contribution in [0.2, 0.25) is 0 Å². The number of hydrogen-bond acceptors (Lipinski definition) is 7. The lowest BCUT2D eigenvalue weighted by atomic mass is 9.80. The molecule has 17 heavy (non-hydrogen) atoms. The highest BCUT2D eigenvalue weighted by Gasteiger charge is 2.13. The van der Waals surface area contributed by atoms with Crippen molar-refractivity contribution in [3.05, 3.63) is 18.2 Å². The van der Waals surface area contributed by atoms with E-state index in [1.165, 1.54) is 20.3 Å². The van der Waals surface area contributed by atoms with Gasteiger partial charge in [0.25, 0.3) is 0 Å². The fraction of sp³-hybridized carbons (Fsp3) is 0.250. The SMILES string of the molecule is COc1ccc(B(O)O)cc1OC.OB(O)O. The number of ether oxygens (including phenoxy) is 2. The predicted octanol–water partition coefficient (Wildman–Crippen LogP) is -2.67. The van der Waals surface area contributed by atoms with E-state index in [1.54, 1.807) is 12.1 Å². The van der Waals surface area contributed by atoms with Gasteiger partial charge in [0.2, 0.25) is 0 Å². The number of rotatable bonds is 3. The maximum atomic E-state index is 8.87. The minimum atomic E-state index is -2.17. The fourth-order valence-electron chi connectivity index (χ4n) is 1.01. The molecule has 7 nitrogen and oxygen atoms in total. The zero-order valence-electron chi connectivity index (χ0n) is 9.44. The molecule has 0 aliphatic heterocycles. The van der Waals surface area contributed by atoms with Gasteiger partial charge >= 0.3 is 14.4 Å². The van der Waals surface area contributed by atoms with Gasteiger partial charge in [-0.3, -0.25) is 0 Å². The van der Waals surface area contributed by atoms with E-state index in [9.17, 15) is 0 Å². The van der Waals surface area contributed by atoms with Crippen molar-refractivity contribution >= 4 is 19.9 Å². The first kappa shape index (κ1) is 15.7. The van der Waals surface area contributed by atoms with Crippen LogP contribution >= 0.6 is 0 Å². The average molecular weight is 244 g/mol. The Balaban J connectivity index is 0.000000557. The van der Waals surface area contributed by atoms with Gasteiger partial charge in [-0.25, -0.2) is 0 Å². The van der Waals surface area contributed by atoms with Gasteiger partial charge < -0.3 is 34.6 Å². The Morgan fingerprint density at radius 2 is 1.35 bits per heavy atom. The average Bonchev–Trinajstić information content (AvgIpc) is 2.27. The monoisotopic (exact) mass is 244 g/mol. The van der Waals surface area contributed by atoms with Crippen molar-refractivity contribution in [2.45, 2.75) is 0 Å². The van der Waals surface area contributed by atoms with Crippen molar-refractivity contribution in [3.63, 3.8) is 0 Å². The minimum Gasteiger partial charge on any atom is -0.493 e. The van der Waals surface area contributed by atoms with Gasteiger partial charge in [0.15, 0.2) is 11.5 Å². The van der Waals surface area contributed by atoms with Gasteiger partial charge in [-0.15, -0.1) is 0 Å². The lowest BCUT2D eigenvalue weighted by Gasteiger charge is -2.08. The molecule has 0 unspecified atom stereocenters. The Bertz CT molecular complexity index is 329. The van der Waals surface area contributed by atoms with Gasteiger partial charge in [-0.1, -0.05) is 6.07 Å². The molecule has 5 N–H and O–H groups in total. The van der Waals surface area contributed by atoms with Gasteiger partial charge in [0.1, 0.15) is 0 Å². The van der Waals surface area contributed by atoms with Crippen molar-refractivity contribution in [3.8, 4) is 11.5 Å². The smallest absolute Gasteiger partial charge is 0.493 e.